The number of rotatable bonds is 4. The Labute approximate surface area is 94.2 Å². The molecule has 0 saturated heterocycles. The average Bonchev–Trinajstić information content (AvgIpc) is 2.15. The van der Waals surface area contributed by atoms with Gasteiger partial charge in [-0.3, -0.25) is 9.80 Å². The van der Waals surface area contributed by atoms with Gasteiger partial charge in [-0.1, -0.05) is 17.7 Å². The fourth-order valence-electron chi connectivity index (χ4n) is 1.00. The average molecular weight is 228 g/mol. The van der Waals surface area contributed by atoms with Gasteiger partial charge >= 0.3 is 0 Å². The fraction of sp³-hybridized carbons (Fsp3) is 0.300. The van der Waals surface area contributed by atoms with E-state index in [1.807, 2.05) is 14.1 Å². The van der Waals surface area contributed by atoms with E-state index >= 15 is 0 Å². The maximum absolute atomic E-state index is 11.4. The number of hydrazine groups is 1. The number of anilines is 1. The van der Waals surface area contributed by atoms with Gasteiger partial charge < -0.3 is 5.32 Å². The molecule has 1 aromatic rings. The van der Waals surface area contributed by atoms with Gasteiger partial charge in [0, 0.05) is 24.8 Å². The van der Waals surface area contributed by atoms with Crippen LogP contribution in [0.1, 0.15) is 0 Å². The molecule has 1 aromatic carbocycles. The van der Waals surface area contributed by atoms with E-state index in [1.54, 1.807) is 29.3 Å². The Morgan fingerprint density at radius 2 is 2.20 bits per heavy atom. The summed E-state index contributed by atoms with van der Waals surface area (Å²) in [6, 6.07) is 7.04. The molecule has 2 N–H and O–H groups in total. The molecule has 0 bridgehead atoms. The zero-order valence-electron chi connectivity index (χ0n) is 8.75. The molecule has 0 unspecified atom stereocenters. The standard InChI is InChI=1S/C10H14ClN3O/c1-14(2)12-7-10(15)13-9-5-3-4-8(11)6-9/h3-6,12H,7H2,1-2H3,(H,13,15). The van der Waals surface area contributed by atoms with Crippen LogP contribution in [0.15, 0.2) is 24.3 Å². The third-order valence-electron chi connectivity index (χ3n) is 1.66. The molecule has 4 nitrogen and oxygen atoms in total. The van der Waals surface area contributed by atoms with Crippen molar-refractivity contribution < 1.29 is 4.79 Å². The zero-order chi connectivity index (χ0) is 11.3. The Morgan fingerprint density at radius 3 is 2.80 bits per heavy atom. The highest BCUT2D eigenvalue weighted by molar-refractivity contribution is 6.30. The molecule has 0 heterocycles. The predicted octanol–water partition coefficient (Wildman–Crippen LogP) is 1.34. The number of carbonyl (C=O) groups is 1. The van der Waals surface area contributed by atoms with Crippen LogP contribution in [-0.4, -0.2) is 31.6 Å². The number of nitrogens with one attached hydrogen (secondary N) is 2. The molecule has 0 spiro atoms. The molecular formula is C10H14ClN3O. The fourth-order valence-corrected chi connectivity index (χ4v) is 1.19. The van der Waals surface area contributed by atoms with Gasteiger partial charge in [-0.2, -0.15) is 0 Å². The van der Waals surface area contributed by atoms with Crippen LogP contribution in [0.4, 0.5) is 5.69 Å². The lowest BCUT2D eigenvalue weighted by atomic mass is 10.3. The number of amides is 1. The van der Waals surface area contributed by atoms with E-state index in [4.69, 9.17) is 11.6 Å². The van der Waals surface area contributed by atoms with Gasteiger partial charge in [0.25, 0.3) is 0 Å². The SMILES string of the molecule is CN(C)NCC(=O)Nc1cccc(Cl)c1. The van der Waals surface area contributed by atoms with Gasteiger partial charge in [0.05, 0.1) is 6.54 Å². The maximum Gasteiger partial charge on any atom is 0.239 e. The highest BCUT2D eigenvalue weighted by atomic mass is 35.5. The summed E-state index contributed by atoms with van der Waals surface area (Å²) in [6.45, 7) is 0.236. The Kier molecular flexibility index (Phi) is 4.55. The summed E-state index contributed by atoms with van der Waals surface area (Å²) in [4.78, 5) is 11.4. The molecule has 0 radical (unpaired) electrons. The topological polar surface area (TPSA) is 44.4 Å². The molecule has 0 saturated carbocycles. The molecule has 82 valence electrons. The normalized spacial score (nSPS) is 10.4. The lowest BCUT2D eigenvalue weighted by molar-refractivity contribution is -0.116. The summed E-state index contributed by atoms with van der Waals surface area (Å²) in [6.07, 6.45) is 0. The number of hydrogen-bond acceptors (Lipinski definition) is 3. The number of hydrogen-bond donors (Lipinski definition) is 2. The Balaban J connectivity index is 2.44. The van der Waals surface area contributed by atoms with Gasteiger partial charge in [-0.25, -0.2) is 5.43 Å². The summed E-state index contributed by atoms with van der Waals surface area (Å²) in [5.41, 5.74) is 3.57. The smallest absolute Gasteiger partial charge is 0.239 e. The molecular weight excluding hydrogens is 214 g/mol. The van der Waals surface area contributed by atoms with Gasteiger partial charge in [0.15, 0.2) is 0 Å². The van der Waals surface area contributed by atoms with Crippen LogP contribution in [0.5, 0.6) is 0 Å². The molecule has 0 aliphatic carbocycles. The number of halogens is 1. The van der Waals surface area contributed by atoms with Crippen LogP contribution in [0, 0.1) is 0 Å². The van der Waals surface area contributed by atoms with E-state index in [-0.39, 0.29) is 12.5 Å². The van der Waals surface area contributed by atoms with Crippen LogP contribution in [0.25, 0.3) is 0 Å². The number of nitrogens with zero attached hydrogens (tertiary/aromatic N) is 1. The summed E-state index contributed by atoms with van der Waals surface area (Å²) in [5.74, 6) is -0.106. The predicted molar refractivity (Wildman–Crippen MR) is 61.8 cm³/mol. The van der Waals surface area contributed by atoms with E-state index in [9.17, 15) is 4.79 Å². The Morgan fingerprint density at radius 1 is 1.47 bits per heavy atom. The second-order valence-corrected chi connectivity index (χ2v) is 3.72. The van der Waals surface area contributed by atoms with E-state index in [0.29, 0.717) is 10.7 Å². The largest absolute Gasteiger partial charge is 0.325 e. The monoisotopic (exact) mass is 227 g/mol. The molecule has 1 amide bonds. The van der Waals surface area contributed by atoms with Crippen LogP contribution >= 0.6 is 11.6 Å². The van der Waals surface area contributed by atoms with Gasteiger partial charge in [-0.15, -0.1) is 0 Å². The first-order chi connectivity index (χ1) is 7.08. The number of carbonyl (C=O) groups excluding carboxylic acids is 1. The second kappa shape index (κ2) is 5.70. The van der Waals surface area contributed by atoms with Gasteiger partial charge in [0.1, 0.15) is 0 Å². The minimum atomic E-state index is -0.106. The van der Waals surface area contributed by atoms with E-state index in [1.165, 1.54) is 0 Å². The van der Waals surface area contributed by atoms with Crippen molar-refractivity contribution in [3.05, 3.63) is 29.3 Å². The van der Waals surface area contributed by atoms with Crippen molar-refractivity contribution in [2.45, 2.75) is 0 Å². The quantitative estimate of drug-likeness (QED) is 0.764. The molecule has 0 aliphatic rings. The molecule has 0 fully saturated rings. The van der Waals surface area contributed by atoms with Crippen molar-refractivity contribution in [3.8, 4) is 0 Å². The van der Waals surface area contributed by atoms with E-state index < -0.39 is 0 Å². The van der Waals surface area contributed by atoms with Crippen LogP contribution < -0.4 is 10.7 Å². The summed E-state index contributed by atoms with van der Waals surface area (Å²) < 4.78 is 0. The van der Waals surface area contributed by atoms with Crippen LogP contribution in [0.2, 0.25) is 5.02 Å². The van der Waals surface area contributed by atoms with E-state index in [0.717, 1.165) is 0 Å². The zero-order valence-corrected chi connectivity index (χ0v) is 9.51. The van der Waals surface area contributed by atoms with Crippen molar-refractivity contribution >= 4 is 23.2 Å². The molecule has 1 rings (SSSR count). The first kappa shape index (κ1) is 12.0. The lowest BCUT2D eigenvalue weighted by Crippen LogP contribution is -2.37. The molecule has 0 atom stereocenters. The Bertz CT molecular complexity index is 341. The Hall–Kier alpha value is -1.10. The minimum absolute atomic E-state index is 0.106. The maximum atomic E-state index is 11.4. The highest BCUT2D eigenvalue weighted by Crippen LogP contribution is 2.14. The van der Waals surface area contributed by atoms with Crippen LogP contribution in [-0.2, 0) is 4.79 Å². The number of benzene rings is 1. The third kappa shape index (κ3) is 4.78. The van der Waals surface area contributed by atoms with Crippen LogP contribution in [0.3, 0.4) is 0 Å². The first-order valence-electron chi connectivity index (χ1n) is 4.54. The molecule has 15 heavy (non-hydrogen) atoms. The summed E-state index contributed by atoms with van der Waals surface area (Å²) in [7, 11) is 3.65. The van der Waals surface area contributed by atoms with Crippen molar-refractivity contribution in [2.75, 3.05) is 26.0 Å². The second-order valence-electron chi connectivity index (χ2n) is 3.29. The third-order valence-corrected chi connectivity index (χ3v) is 1.90. The highest BCUT2D eigenvalue weighted by Gasteiger charge is 2.02. The van der Waals surface area contributed by atoms with Crippen molar-refractivity contribution in [2.24, 2.45) is 0 Å². The summed E-state index contributed by atoms with van der Waals surface area (Å²) >= 11 is 5.78. The molecule has 0 aromatic heterocycles. The first-order valence-corrected chi connectivity index (χ1v) is 4.92. The summed E-state index contributed by atoms with van der Waals surface area (Å²) in [5, 5.41) is 5.05. The van der Waals surface area contributed by atoms with Gasteiger partial charge in [-0.05, 0) is 18.2 Å². The molecule has 5 heteroatoms. The molecule has 0 aliphatic heterocycles. The lowest BCUT2D eigenvalue weighted by Gasteiger charge is -2.11. The van der Waals surface area contributed by atoms with Gasteiger partial charge in [0.2, 0.25) is 5.91 Å². The van der Waals surface area contributed by atoms with Crippen molar-refractivity contribution in [1.29, 1.82) is 0 Å². The van der Waals surface area contributed by atoms with Crippen molar-refractivity contribution in [1.82, 2.24) is 10.4 Å². The van der Waals surface area contributed by atoms with E-state index in [2.05, 4.69) is 10.7 Å². The minimum Gasteiger partial charge on any atom is -0.325 e. The van der Waals surface area contributed by atoms with Crippen molar-refractivity contribution in [3.63, 3.8) is 0 Å².